The molecule has 158 valence electrons. The van der Waals surface area contributed by atoms with Crippen molar-refractivity contribution in [3.63, 3.8) is 0 Å². The third-order valence-electron chi connectivity index (χ3n) is 4.34. The summed E-state index contributed by atoms with van der Waals surface area (Å²) >= 11 is 6.93. The molecule has 0 N–H and O–H groups in total. The van der Waals surface area contributed by atoms with Gasteiger partial charge in [0.25, 0.3) is 5.56 Å². The van der Waals surface area contributed by atoms with Crippen LogP contribution in [0.4, 0.5) is 0 Å². The Kier molecular flexibility index (Phi) is 6.67. The molecule has 8 heteroatoms. The molecule has 0 atom stereocenters. The van der Waals surface area contributed by atoms with Gasteiger partial charge in [0.15, 0.2) is 11.5 Å². The van der Waals surface area contributed by atoms with Crippen LogP contribution in [0.2, 0.25) is 0 Å². The molecule has 6 nitrogen and oxygen atoms in total. The van der Waals surface area contributed by atoms with Gasteiger partial charge in [-0.25, -0.2) is 4.98 Å². The normalized spacial score (nSPS) is 12.0. The molecule has 30 heavy (non-hydrogen) atoms. The predicted molar refractivity (Wildman–Crippen MR) is 127 cm³/mol. The van der Waals surface area contributed by atoms with Gasteiger partial charge in [-0.2, -0.15) is 9.78 Å². The molecule has 1 heterocycles. The maximum absolute atomic E-state index is 13.2. The lowest BCUT2D eigenvalue weighted by atomic mass is 9.95. The lowest BCUT2D eigenvalue weighted by Gasteiger charge is -2.21. The second kappa shape index (κ2) is 8.89. The second-order valence-corrected chi connectivity index (χ2v) is 9.45. The van der Waals surface area contributed by atoms with E-state index in [-0.39, 0.29) is 11.0 Å². The predicted octanol–water partition coefficient (Wildman–Crippen LogP) is 5.51. The minimum absolute atomic E-state index is 0.222. The van der Waals surface area contributed by atoms with Crippen LogP contribution in [0.3, 0.4) is 0 Å². The summed E-state index contributed by atoms with van der Waals surface area (Å²) in [6.07, 6.45) is 1.62. The van der Waals surface area contributed by atoms with E-state index >= 15 is 0 Å². The number of nitrogens with zero attached hydrogens (tertiary/aromatic N) is 3. The van der Waals surface area contributed by atoms with Crippen molar-refractivity contribution < 1.29 is 9.47 Å². The SMILES string of the molecule is CCOc1cc(C=Nn2c(C(C)(C)C)nc3ccc(Br)cc3c2=O)cc(Br)c1OC. The summed E-state index contributed by atoms with van der Waals surface area (Å²) in [5.74, 6) is 1.79. The van der Waals surface area contributed by atoms with Gasteiger partial charge >= 0.3 is 0 Å². The quantitative estimate of drug-likeness (QED) is 0.403. The van der Waals surface area contributed by atoms with Crippen LogP contribution in [0.1, 0.15) is 39.1 Å². The third kappa shape index (κ3) is 4.59. The molecule has 3 rings (SSSR count). The standard InChI is InChI=1S/C22H23Br2N3O3/c1-6-30-18-10-13(9-16(24)19(18)29-5)12-25-27-20(28)15-11-14(23)7-8-17(15)26-21(27)22(2,3)4/h7-12H,6H2,1-5H3. The van der Waals surface area contributed by atoms with E-state index in [1.807, 2.05) is 52.0 Å². The minimum Gasteiger partial charge on any atom is -0.492 e. The molecule has 0 saturated carbocycles. The van der Waals surface area contributed by atoms with Gasteiger partial charge in [-0.3, -0.25) is 4.79 Å². The summed E-state index contributed by atoms with van der Waals surface area (Å²) in [6.45, 7) is 8.41. The van der Waals surface area contributed by atoms with E-state index in [2.05, 4.69) is 37.0 Å². The van der Waals surface area contributed by atoms with Gasteiger partial charge in [-0.1, -0.05) is 36.7 Å². The first-order valence-corrected chi connectivity index (χ1v) is 11.0. The number of ether oxygens (including phenoxy) is 2. The first kappa shape index (κ1) is 22.5. The summed E-state index contributed by atoms with van der Waals surface area (Å²) in [5, 5.41) is 5.00. The largest absolute Gasteiger partial charge is 0.492 e. The fourth-order valence-electron chi connectivity index (χ4n) is 2.99. The highest BCUT2D eigenvalue weighted by atomic mass is 79.9. The Labute approximate surface area is 192 Å². The molecular formula is C22H23Br2N3O3. The Morgan fingerprint density at radius 1 is 1.20 bits per heavy atom. The highest BCUT2D eigenvalue weighted by Crippen LogP contribution is 2.36. The first-order chi connectivity index (χ1) is 14.2. The van der Waals surface area contributed by atoms with Crippen LogP contribution in [0.5, 0.6) is 11.5 Å². The average Bonchev–Trinajstić information content (AvgIpc) is 2.67. The van der Waals surface area contributed by atoms with E-state index in [0.29, 0.717) is 34.8 Å². The molecule has 0 aliphatic rings. The lowest BCUT2D eigenvalue weighted by Crippen LogP contribution is -2.29. The minimum atomic E-state index is -0.380. The molecule has 1 aromatic heterocycles. The van der Waals surface area contributed by atoms with Crippen molar-refractivity contribution in [3.05, 3.63) is 61.0 Å². The summed E-state index contributed by atoms with van der Waals surface area (Å²) in [6, 6.07) is 9.15. The number of fused-ring (bicyclic) bond motifs is 1. The van der Waals surface area contributed by atoms with Crippen molar-refractivity contribution in [1.82, 2.24) is 9.66 Å². The molecule has 0 bridgehead atoms. The van der Waals surface area contributed by atoms with Crippen LogP contribution in [0, 0.1) is 0 Å². The van der Waals surface area contributed by atoms with Crippen molar-refractivity contribution in [2.24, 2.45) is 5.10 Å². The Morgan fingerprint density at radius 2 is 1.93 bits per heavy atom. The number of hydrogen-bond acceptors (Lipinski definition) is 5. The van der Waals surface area contributed by atoms with Crippen LogP contribution in [0.15, 0.2) is 49.2 Å². The highest BCUT2D eigenvalue weighted by Gasteiger charge is 2.23. The number of rotatable bonds is 5. The highest BCUT2D eigenvalue weighted by molar-refractivity contribution is 9.10. The Balaban J connectivity index is 2.18. The summed E-state index contributed by atoms with van der Waals surface area (Å²) in [7, 11) is 1.59. The fourth-order valence-corrected chi connectivity index (χ4v) is 3.97. The van der Waals surface area contributed by atoms with Crippen molar-refractivity contribution >= 4 is 49.0 Å². The zero-order chi connectivity index (χ0) is 22.1. The Bertz CT molecular complexity index is 1180. The number of aromatic nitrogens is 2. The molecule has 0 saturated heterocycles. The van der Waals surface area contributed by atoms with Gasteiger partial charge in [-0.15, -0.1) is 0 Å². The van der Waals surface area contributed by atoms with E-state index in [9.17, 15) is 4.79 Å². The maximum Gasteiger partial charge on any atom is 0.282 e. The van der Waals surface area contributed by atoms with E-state index in [1.165, 1.54) is 4.68 Å². The van der Waals surface area contributed by atoms with Crippen molar-refractivity contribution in [3.8, 4) is 11.5 Å². The van der Waals surface area contributed by atoms with Crippen LogP contribution < -0.4 is 15.0 Å². The van der Waals surface area contributed by atoms with Gasteiger partial charge in [0.1, 0.15) is 5.82 Å². The molecule has 2 aromatic carbocycles. The van der Waals surface area contributed by atoms with Gasteiger partial charge in [0.2, 0.25) is 0 Å². The van der Waals surface area contributed by atoms with E-state index in [4.69, 9.17) is 14.5 Å². The van der Waals surface area contributed by atoms with Gasteiger partial charge in [0.05, 0.1) is 35.3 Å². The molecule has 0 spiro atoms. The molecular weight excluding hydrogens is 514 g/mol. The van der Waals surface area contributed by atoms with Gasteiger partial charge in [0, 0.05) is 9.89 Å². The third-order valence-corrected chi connectivity index (χ3v) is 5.42. The molecule has 0 amide bonds. The number of methoxy groups -OCH3 is 1. The van der Waals surface area contributed by atoms with Crippen molar-refractivity contribution in [2.45, 2.75) is 33.1 Å². The van der Waals surface area contributed by atoms with Crippen LogP contribution >= 0.6 is 31.9 Å². The van der Waals surface area contributed by atoms with Crippen LogP contribution in [-0.2, 0) is 5.41 Å². The molecule has 0 aliphatic carbocycles. The molecule has 0 fully saturated rings. The number of hydrogen-bond donors (Lipinski definition) is 0. The zero-order valence-electron chi connectivity index (χ0n) is 17.5. The van der Waals surface area contributed by atoms with E-state index < -0.39 is 0 Å². The fraction of sp³-hybridized carbons (Fsp3) is 0.318. The summed E-state index contributed by atoms with van der Waals surface area (Å²) in [4.78, 5) is 18.0. The van der Waals surface area contributed by atoms with Gasteiger partial charge in [-0.05, 0) is 58.7 Å². The van der Waals surface area contributed by atoms with Crippen LogP contribution in [-0.4, -0.2) is 29.6 Å². The Hall–Kier alpha value is -2.19. The average molecular weight is 537 g/mol. The van der Waals surface area contributed by atoms with Crippen molar-refractivity contribution in [2.75, 3.05) is 13.7 Å². The Morgan fingerprint density at radius 3 is 2.57 bits per heavy atom. The zero-order valence-corrected chi connectivity index (χ0v) is 20.7. The molecule has 0 aliphatic heterocycles. The van der Waals surface area contributed by atoms with Crippen molar-refractivity contribution in [1.29, 1.82) is 0 Å². The first-order valence-electron chi connectivity index (χ1n) is 9.43. The monoisotopic (exact) mass is 535 g/mol. The maximum atomic E-state index is 13.2. The van der Waals surface area contributed by atoms with E-state index in [1.54, 1.807) is 19.4 Å². The lowest BCUT2D eigenvalue weighted by molar-refractivity contribution is 0.310. The number of halogens is 2. The summed E-state index contributed by atoms with van der Waals surface area (Å²) in [5.41, 5.74) is 0.798. The molecule has 0 unspecified atom stereocenters. The number of benzene rings is 2. The smallest absolute Gasteiger partial charge is 0.282 e. The molecule has 0 radical (unpaired) electrons. The summed E-state index contributed by atoms with van der Waals surface area (Å²) < 4.78 is 14.0. The molecule has 3 aromatic rings. The van der Waals surface area contributed by atoms with Crippen LogP contribution in [0.25, 0.3) is 10.9 Å². The topological polar surface area (TPSA) is 65.7 Å². The second-order valence-electron chi connectivity index (χ2n) is 7.68. The van der Waals surface area contributed by atoms with Gasteiger partial charge < -0.3 is 9.47 Å². The van der Waals surface area contributed by atoms with E-state index in [0.717, 1.165) is 14.5 Å².